The van der Waals surface area contributed by atoms with E-state index in [4.69, 9.17) is 20.6 Å². The van der Waals surface area contributed by atoms with Gasteiger partial charge in [0.2, 0.25) is 0 Å². The Kier molecular flexibility index (Phi) is 2.62. The molecule has 0 saturated heterocycles. The summed E-state index contributed by atoms with van der Waals surface area (Å²) >= 11 is 0. The van der Waals surface area contributed by atoms with Crippen LogP contribution in [0, 0.1) is 0 Å². The van der Waals surface area contributed by atoms with Crippen molar-refractivity contribution in [3.05, 3.63) is 0 Å². The van der Waals surface area contributed by atoms with E-state index in [2.05, 4.69) is 0 Å². The molecule has 0 fully saturated rings. The van der Waals surface area contributed by atoms with E-state index in [9.17, 15) is 4.57 Å². The third-order valence-corrected chi connectivity index (χ3v) is 2.44. The molecule has 0 aromatic carbocycles. The SMILES string of the molecule is CC(C)(O)C(N)P(=O)(O)O. The summed E-state index contributed by atoms with van der Waals surface area (Å²) in [7, 11) is -4.35. The number of nitrogens with two attached hydrogens (primary N) is 1. The van der Waals surface area contributed by atoms with Crippen LogP contribution in [0.15, 0.2) is 0 Å². The van der Waals surface area contributed by atoms with Crippen molar-refractivity contribution < 1.29 is 19.5 Å². The van der Waals surface area contributed by atoms with Crippen molar-refractivity contribution in [2.45, 2.75) is 25.2 Å². The lowest BCUT2D eigenvalue weighted by molar-refractivity contribution is 0.0684. The first kappa shape index (κ1) is 10.1. The smallest absolute Gasteiger partial charge is 0.345 e. The first-order valence-electron chi connectivity index (χ1n) is 2.69. The zero-order valence-electron chi connectivity index (χ0n) is 5.85. The molecule has 0 aliphatic carbocycles. The molecule has 0 aromatic heterocycles. The molecule has 0 spiro atoms. The molecule has 0 amide bonds. The van der Waals surface area contributed by atoms with Crippen LogP contribution >= 0.6 is 7.60 Å². The van der Waals surface area contributed by atoms with Crippen molar-refractivity contribution >= 4 is 7.60 Å². The number of rotatable bonds is 2. The van der Waals surface area contributed by atoms with Crippen molar-refractivity contribution in [3.8, 4) is 0 Å². The largest absolute Gasteiger partial charge is 0.388 e. The van der Waals surface area contributed by atoms with Crippen LogP contribution in [0.5, 0.6) is 0 Å². The predicted octanol–water partition coefficient (Wildman–Crippen LogP) is -0.780. The summed E-state index contributed by atoms with van der Waals surface area (Å²) < 4.78 is 10.4. The van der Waals surface area contributed by atoms with Crippen molar-refractivity contribution in [1.29, 1.82) is 0 Å². The monoisotopic (exact) mass is 169 g/mol. The second-order valence-corrected chi connectivity index (χ2v) is 4.42. The highest BCUT2D eigenvalue weighted by Gasteiger charge is 2.37. The van der Waals surface area contributed by atoms with Crippen LogP contribution in [0.2, 0.25) is 0 Å². The van der Waals surface area contributed by atoms with E-state index in [0.717, 1.165) is 0 Å². The van der Waals surface area contributed by atoms with Gasteiger partial charge in [-0.3, -0.25) is 4.57 Å². The van der Waals surface area contributed by atoms with E-state index >= 15 is 0 Å². The van der Waals surface area contributed by atoms with Crippen molar-refractivity contribution in [3.63, 3.8) is 0 Å². The van der Waals surface area contributed by atoms with Gasteiger partial charge in [-0.2, -0.15) is 0 Å². The van der Waals surface area contributed by atoms with Gasteiger partial charge >= 0.3 is 7.60 Å². The topological polar surface area (TPSA) is 104 Å². The summed E-state index contributed by atoms with van der Waals surface area (Å²) in [5, 5.41) is 9.00. The molecule has 0 heterocycles. The Morgan fingerprint density at radius 3 is 1.80 bits per heavy atom. The van der Waals surface area contributed by atoms with Crippen LogP contribution in [0.1, 0.15) is 13.8 Å². The Morgan fingerprint density at radius 1 is 1.50 bits per heavy atom. The van der Waals surface area contributed by atoms with E-state index < -0.39 is 19.0 Å². The normalized spacial score (nSPS) is 17.0. The second kappa shape index (κ2) is 2.60. The van der Waals surface area contributed by atoms with E-state index in [1.165, 1.54) is 13.8 Å². The minimum absolute atomic E-state index is 1.25. The quantitative estimate of drug-likeness (QED) is 0.406. The highest BCUT2D eigenvalue weighted by Crippen LogP contribution is 2.42. The molecular weight excluding hydrogens is 157 g/mol. The summed E-state index contributed by atoms with van der Waals surface area (Å²) in [5.41, 5.74) is 3.47. The third-order valence-electron chi connectivity index (χ3n) is 1.09. The molecule has 5 nitrogen and oxygen atoms in total. The zero-order valence-corrected chi connectivity index (χ0v) is 6.75. The van der Waals surface area contributed by atoms with Crippen LogP contribution < -0.4 is 5.73 Å². The maximum absolute atomic E-state index is 10.4. The fraction of sp³-hybridized carbons (Fsp3) is 1.00. The molecule has 0 bridgehead atoms. The molecule has 0 aromatic rings. The maximum Gasteiger partial charge on any atom is 0.345 e. The zero-order chi connectivity index (χ0) is 8.58. The summed E-state index contributed by atoms with van der Waals surface area (Å²) in [4.78, 5) is 16.9. The Bertz CT molecular complexity index is 157. The lowest BCUT2D eigenvalue weighted by Gasteiger charge is -2.25. The standard InChI is InChI=1S/C4H12NO4P/c1-4(2,6)3(5)10(7,8)9/h3,6H,5H2,1-2H3,(H2,7,8,9). The predicted molar refractivity (Wildman–Crippen MR) is 36.3 cm³/mol. The molecule has 62 valence electrons. The van der Waals surface area contributed by atoms with E-state index in [0.29, 0.717) is 0 Å². The van der Waals surface area contributed by atoms with Gasteiger partial charge in [-0.1, -0.05) is 0 Å². The van der Waals surface area contributed by atoms with Gasteiger partial charge in [0.15, 0.2) is 0 Å². The average Bonchev–Trinajstić information content (AvgIpc) is 1.59. The van der Waals surface area contributed by atoms with Crippen LogP contribution in [0.4, 0.5) is 0 Å². The first-order chi connectivity index (χ1) is 4.15. The van der Waals surface area contributed by atoms with Crippen LogP contribution in [-0.2, 0) is 4.57 Å². The molecule has 0 radical (unpaired) electrons. The lowest BCUT2D eigenvalue weighted by Crippen LogP contribution is -2.42. The van der Waals surface area contributed by atoms with Gasteiger partial charge in [0.1, 0.15) is 5.78 Å². The van der Waals surface area contributed by atoms with Crippen molar-refractivity contribution in [1.82, 2.24) is 0 Å². The first-order valence-corrected chi connectivity index (χ1v) is 4.37. The maximum atomic E-state index is 10.4. The van der Waals surface area contributed by atoms with Gasteiger partial charge in [-0.25, -0.2) is 0 Å². The Morgan fingerprint density at radius 2 is 1.80 bits per heavy atom. The Labute approximate surface area is 59.0 Å². The molecule has 0 rings (SSSR count). The van der Waals surface area contributed by atoms with Crippen LogP contribution in [-0.4, -0.2) is 26.3 Å². The van der Waals surface area contributed by atoms with Gasteiger partial charge in [-0.15, -0.1) is 0 Å². The highest BCUT2D eigenvalue weighted by atomic mass is 31.2. The molecule has 0 aliphatic rings. The fourth-order valence-corrected chi connectivity index (χ4v) is 1.23. The number of aliphatic hydroxyl groups is 1. The van der Waals surface area contributed by atoms with Gasteiger partial charge in [-0.05, 0) is 13.8 Å². The molecule has 1 unspecified atom stereocenters. The molecule has 0 aliphatic heterocycles. The summed E-state index contributed by atoms with van der Waals surface area (Å²) in [6.45, 7) is 2.49. The average molecular weight is 169 g/mol. The van der Waals surface area contributed by atoms with E-state index in [1.54, 1.807) is 0 Å². The van der Waals surface area contributed by atoms with E-state index in [1.807, 2.05) is 0 Å². The van der Waals surface area contributed by atoms with Gasteiger partial charge in [0, 0.05) is 0 Å². The highest BCUT2D eigenvalue weighted by molar-refractivity contribution is 7.52. The second-order valence-electron chi connectivity index (χ2n) is 2.69. The molecule has 10 heavy (non-hydrogen) atoms. The van der Waals surface area contributed by atoms with Gasteiger partial charge < -0.3 is 20.6 Å². The molecule has 5 N–H and O–H groups in total. The van der Waals surface area contributed by atoms with Gasteiger partial charge in [0.25, 0.3) is 0 Å². The number of hydrogen-bond acceptors (Lipinski definition) is 3. The van der Waals surface area contributed by atoms with Crippen LogP contribution in [0.25, 0.3) is 0 Å². The summed E-state index contributed by atoms with van der Waals surface area (Å²) in [6, 6.07) is 0. The molecule has 6 heteroatoms. The molecule has 1 atom stereocenters. The van der Waals surface area contributed by atoms with Crippen molar-refractivity contribution in [2.24, 2.45) is 5.73 Å². The summed E-state index contributed by atoms with van der Waals surface area (Å²) in [6.07, 6.45) is 0. The third kappa shape index (κ3) is 2.77. The fourth-order valence-electron chi connectivity index (χ4n) is 0.412. The Hall–Kier alpha value is 0.0700. The molecular formula is C4H12NO4P. The van der Waals surface area contributed by atoms with E-state index in [-0.39, 0.29) is 0 Å². The van der Waals surface area contributed by atoms with Crippen LogP contribution in [0.3, 0.4) is 0 Å². The van der Waals surface area contributed by atoms with Gasteiger partial charge in [0.05, 0.1) is 5.60 Å². The number of hydrogen-bond donors (Lipinski definition) is 4. The Balaban J connectivity index is 4.39. The van der Waals surface area contributed by atoms with Crippen molar-refractivity contribution in [2.75, 3.05) is 0 Å². The summed E-state index contributed by atoms with van der Waals surface area (Å²) in [5.74, 6) is -1.51. The minimum Gasteiger partial charge on any atom is -0.388 e. The lowest BCUT2D eigenvalue weighted by atomic mass is 10.1. The molecule has 0 saturated carbocycles. The minimum atomic E-state index is -4.35.